The van der Waals surface area contributed by atoms with Crippen LogP contribution < -0.4 is 21.1 Å². The van der Waals surface area contributed by atoms with E-state index < -0.39 is 18.0 Å². The van der Waals surface area contributed by atoms with Crippen LogP contribution in [0.1, 0.15) is 19.4 Å². The highest BCUT2D eigenvalue weighted by Crippen LogP contribution is 2.24. The molecule has 7 heteroatoms. The summed E-state index contributed by atoms with van der Waals surface area (Å²) in [4.78, 5) is 22.2. The van der Waals surface area contributed by atoms with E-state index >= 15 is 0 Å². The standard InChI is InChI=1S/C13H18BrN3O3/c1-3-16-7-9-6-10(14)4-5-11(9)20-8(2)12(18)17-13(15)19/h4-6,8,16H,3,7H2,1-2H3,(H3,15,17,18,19). The van der Waals surface area contributed by atoms with E-state index in [-0.39, 0.29) is 0 Å². The van der Waals surface area contributed by atoms with E-state index in [9.17, 15) is 9.59 Å². The van der Waals surface area contributed by atoms with Crippen LogP contribution in [-0.2, 0) is 11.3 Å². The van der Waals surface area contributed by atoms with Crippen LogP contribution in [0.15, 0.2) is 22.7 Å². The van der Waals surface area contributed by atoms with E-state index in [2.05, 4.69) is 21.2 Å². The van der Waals surface area contributed by atoms with Crippen LogP contribution in [-0.4, -0.2) is 24.6 Å². The lowest BCUT2D eigenvalue weighted by atomic mass is 10.2. The first-order chi connectivity index (χ1) is 9.43. The Morgan fingerprint density at radius 1 is 1.45 bits per heavy atom. The molecule has 0 radical (unpaired) electrons. The first-order valence-electron chi connectivity index (χ1n) is 6.20. The number of hydrogen-bond donors (Lipinski definition) is 3. The molecule has 1 unspecified atom stereocenters. The van der Waals surface area contributed by atoms with Gasteiger partial charge in [0, 0.05) is 16.6 Å². The van der Waals surface area contributed by atoms with Crippen molar-refractivity contribution in [3.63, 3.8) is 0 Å². The largest absolute Gasteiger partial charge is 0.481 e. The van der Waals surface area contributed by atoms with E-state index in [1.165, 1.54) is 0 Å². The molecule has 0 saturated heterocycles. The summed E-state index contributed by atoms with van der Waals surface area (Å²) in [5.41, 5.74) is 5.81. The van der Waals surface area contributed by atoms with Gasteiger partial charge < -0.3 is 15.8 Å². The van der Waals surface area contributed by atoms with Crippen molar-refractivity contribution in [2.24, 2.45) is 5.73 Å². The zero-order valence-electron chi connectivity index (χ0n) is 11.4. The van der Waals surface area contributed by atoms with Crippen molar-refractivity contribution < 1.29 is 14.3 Å². The number of primary amides is 1. The normalized spacial score (nSPS) is 11.8. The number of nitrogens with one attached hydrogen (secondary N) is 2. The average molecular weight is 344 g/mol. The average Bonchev–Trinajstić information content (AvgIpc) is 2.38. The smallest absolute Gasteiger partial charge is 0.318 e. The van der Waals surface area contributed by atoms with E-state index in [4.69, 9.17) is 10.5 Å². The van der Waals surface area contributed by atoms with Crippen LogP contribution in [0, 0.1) is 0 Å². The van der Waals surface area contributed by atoms with Gasteiger partial charge in [0.1, 0.15) is 5.75 Å². The number of hydrogen-bond acceptors (Lipinski definition) is 4. The zero-order chi connectivity index (χ0) is 15.1. The Kier molecular flexibility index (Phi) is 6.47. The van der Waals surface area contributed by atoms with Crippen molar-refractivity contribution in [3.05, 3.63) is 28.2 Å². The van der Waals surface area contributed by atoms with Gasteiger partial charge in [-0.3, -0.25) is 10.1 Å². The highest BCUT2D eigenvalue weighted by molar-refractivity contribution is 9.10. The summed E-state index contributed by atoms with van der Waals surface area (Å²) in [5.74, 6) is 0.0103. The van der Waals surface area contributed by atoms with Gasteiger partial charge >= 0.3 is 6.03 Å². The fourth-order valence-corrected chi connectivity index (χ4v) is 1.94. The van der Waals surface area contributed by atoms with Gasteiger partial charge in [-0.15, -0.1) is 0 Å². The number of rotatable bonds is 6. The third-order valence-corrected chi connectivity index (χ3v) is 3.00. The van der Waals surface area contributed by atoms with Gasteiger partial charge in [0.05, 0.1) is 0 Å². The molecular weight excluding hydrogens is 326 g/mol. The molecule has 0 heterocycles. The second kappa shape index (κ2) is 7.86. The monoisotopic (exact) mass is 343 g/mol. The molecule has 0 aliphatic rings. The molecular formula is C13H18BrN3O3. The lowest BCUT2D eigenvalue weighted by Gasteiger charge is -2.17. The lowest BCUT2D eigenvalue weighted by molar-refractivity contribution is -0.126. The van der Waals surface area contributed by atoms with Gasteiger partial charge in [-0.2, -0.15) is 0 Å². The Labute approximate surface area is 126 Å². The predicted octanol–water partition coefficient (Wildman–Crippen LogP) is 1.52. The Balaban J connectivity index is 2.79. The molecule has 6 nitrogen and oxygen atoms in total. The number of imide groups is 1. The highest BCUT2D eigenvalue weighted by Gasteiger charge is 2.17. The molecule has 0 aliphatic carbocycles. The maximum atomic E-state index is 11.6. The highest BCUT2D eigenvalue weighted by atomic mass is 79.9. The third-order valence-electron chi connectivity index (χ3n) is 2.51. The molecule has 3 amide bonds. The molecule has 1 atom stereocenters. The number of benzene rings is 1. The summed E-state index contributed by atoms with van der Waals surface area (Å²) in [7, 11) is 0. The number of urea groups is 1. The van der Waals surface area contributed by atoms with Gasteiger partial charge in [-0.05, 0) is 31.7 Å². The molecule has 0 aromatic heterocycles. The van der Waals surface area contributed by atoms with E-state index in [0.717, 1.165) is 16.6 Å². The van der Waals surface area contributed by atoms with Gasteiger partial charge in [-0.25, -0.2) is 4.79 Å². The number of ether oxygens (including phenoxy) is 1. The minimum absolute atomic E-state index is 0.574. The number of nitrogens with two attached hydrogens (primary N) is 1. The van der Waals surface area contributed by atoms with E-state index in [1.54, 1.807) is 13.0 Å². The van der Waals surface area contributed by atoms with Crippen LogP contribution >= 0.6 is 15.9 Å². The maximum absolute atomic E-state index is 11.6. The molecule has 1 aromatic carbocycles. The van der Waals surface area contributed by atoms with Gasteiger partial charge in [-0.1, -0.05) is 22.9 Å². The van der Waals surface area contributed by atoms with Crippen molar-refractivity contribution in [2.75, 3.05) is 6.54 Å². The molecule has 1 rings (SSSR count). The SMILES string of the molecule is CCNCc1cc(Br)ccc1OC(C)C(=O)NC(N)=O. The number of carbonyl (C=O) groups is 2. The van der Waals surface area contributed by atoms with Crippen molar-refractivity contribution >= 4 is 27.9 Å². The maximum Gasteiger partial charge on any atom is 0.318 e. The van der Waals surface area contributed by atoms with Crippen LogP contribution in [0.3, 0.4) is 0 Å². The van der Waals surface area contributed by atoms with Crippen LogP contribution in [0.25, 0.3) is 0 Å². The predicted molar refractivity (Wildman–Crippen MR) is 79.3 cm³/mol. The van der Waals surface area contributed by atoms with Gasteiger partial charge in [0.25, 0.3) is 5.91 Å². The van der Waals surface area contributed by atoms with Crippen molar-refractivity contribution in [1.82, 2.24) is 10.6 Å². The minimum Gasteiger partial charge on any atom is -0.481 e. The Bertz CT molecular complexity index is 494. The summed E-state index contributed by atoms with van der Waals surface area (Å²) in [6.45, 7) is 5.00. The third kappa shape index (κ3) is 5.18. The summed E-state index contributed by atoms with van der Waals surface area (Å²) in [5, 5.41) is 5.18. The van der Waals surface area contributed by atoms with Crippen LogP contribution in [0.5, 0.6) is 5.75 Å². The second-order valence-electron chi connectivity index (χ2n) is 4.15. The Hall–Kier alpha value is -1.60. The van der Waals surface area contributed by atoms with Crippen LogP contribution in [0.4, 0.5) is 4.79 Å². The number of carbonyl (C=O) groups excluding carboxylic acids is 2. The molecule has 0 spiro atoms. The number of halogens is 1. The van der Waals surface area contributed by atoms with Crippen LogP contribution in [0.2, 0.25) is 0 Å². The molecule has 1 aromatic rings. The molecule has 0 aliphatic heterocycles. The topological polar surface area (TPSA) is 93.4 Å². The summed E-state index contributed by atoms with van der Waals surface area (Å²) in [6.07, 6.45) is -0.816. The minimum atomic E-state index is -0.894. The first-order valence-corrected chi connectivity index (χ1v) is 6.99. The Morgan fingerprint density at radius 3 is 2.75 bits per heavy atom. The summed E-state index contributed by atoms with van der Waals surface area (Å²) in [6, 6.07) is 4.61. The molecule has 0 bridgehead atoms. The molecule has 4 N–H and O–H groups in total. The second-order valence-corrected chi connectivity index (χ2v) is 5.06. The quantitative estimate of drug-likeness (QED) is 0.729. The summed E-state index contributed by atoms with van der Waals surface area (Å²) < 4.78 is 6.50. The van der Waals surface area contributed by atoms with Gasteiger partial charge in [0.15, 0.2) is 6.10 Å². The van der Waals surface area contributed by atoms with Crippen molar-refractivity contribution in [3.8, 4) is 5.75 Å². The lowest BCUT2D eigenvalue weighted by Crippen LogP contribution is -2.42. The van der Waals surface area contributed by atoms with Gasteiger partial charge in [0.2, 0.25) is 0 Å². The van der Waals surface area contributed by atoms with E-state index in [1.807, 2.05) is 24.4 Å². The molecule has 0 saturated carbocycles. The zero-order valence-corrected chi connectivity index (χ0v) is 13.0. The van der Waals surface area contributed by atoms with E-state index in [0.29, 0.717) is 12.3 Å². The fourth-order valence-electron chi connectivity index (χ4n) is 1.53. The molecule has 20 heavy (non-hydrogen) atoms. The Morgan fingerprint density at radius 2 is 2.15 bits per heavy atom. The van der Waals surface area contributed by atoms with Crippen molar-refractivity contribution in [2.45, 2.75) is 26.5 Å². The van der Waals surface area contributed by atoms with Crippen molar-refractivity contribution in [1.29, 1.82) is 0 Å². The molecule has 110 valence electrons. The first kappa shape index (κ1) is 16.5. The number of amides is 3. The fraction of sp³-hybridized carbons (Fsp3) is 0.385. The molecule has 0 fully saturated rings. The summed E-state index contributed by atoms with van der Waals surface area (Å²) >= 11 is 3.39.